The fraction of sp³-hybridized carbons (Fsp3) is 0.571. The van der Waals surface area contributed by atoms with E-state index in [1.165, 1.54) is 25.7 Å². The standard InChI is InChI=1S/C14H20Cl2N2/c1-9-2-4-10(5-3-9)8-18-14-12(15)6-11(17)7-13(14)16/h6-7,9-10,18H,2-5,8,17H2,1H3. The van der Waals surface area contributed by atoms with Crippen molar-refractivity contribution >= 4 is 34.6 Å². The van der Waals surface area contributed by atoms with Gasteiger partial charge in [-0.2, -0.15) is 0 Å². The van der Waals surface area contributed by atoms with Crippen molar-refractivity contribution in [3.63, 3.8) is 0 Å². The maximum atomic E-state index is 6.15. The van der Waals surface area contributed by atoms with Crippen LogP contribution in [-0.4, -0.2) is 6.54 Å². The molecule has 2 rings (SSSR count). The van der Waals surface area contributed by atoms with Gasteiger partial charge in [0.1, 0.15) is 0 Å². The maximum absolute atomic E-state index is 6.15. The molecule has 0 aromatic heterocycles. The van der Waals surface area contributed by atoms with Gasteiger partial charge in [-0.05, 0) is 36.8 Å². The number of nitrogens with two attached hydrogens (primary N) is 1. The molecule has 0 bridgehead atoms. The van der Waals surface area contributed by atoms with Crippen molar-refractivity contribution in [2.45, 2.75) is 32.6 Å². The van der Waals surface area contributed by atoms with Gasteiger partial charge in [-0.1, -0.05) is 43.0 Å². The van der Waals surface area contributed by atoms with Crippen LogP contribution in [0.3, 0.4) is 0 Å². The van der Waals surface area contributed by atoms with E-state index in [-0.39, 0.29) is 0 Å². The summed E-state index contributed by atoms with van der Waals surface area (Å²) in [5, 5.41) is 4.58. The number of nitrogens with one attached hydrogen (secondary N) is 1. The van der Waals surface area contributed by atoms with Gasteiger partial charge in [0.15, 0.2) is 0 Å². The third kappa shape index (κ3) is 3.46. The summed E-state index contributed by atoms with van der Waals surface area (Å²) in [4.78, 5) is 0. The molecule has 1 saturated carbocycles. The fourth-order valence-corrected chi connectivity index (χ4v) is 3.18. The Morgan fingerprint density at radius 3 is 2.28 bits per heavy atom. The Bertz CT molecular complexity index is 389. The summed E-state index contributed by atoms with van der Waals surface area (Å²) in [6.45, 7) is 3.27. The summed E-state index contributed by atoms with van der Waals surface area (Å²) in [6.07, 6.45) is 5.24. The number of halogens is 2. The zero-order chi connectivity index (χ0) is 13.1. The highest BCUT2D eigenvalue weighted by atomic mass is 35.5. The highest BCUT2D eigenvalue weighted by Crippen LogP contribution is 2.34. The van der Waals surface area contributed by atoms with E-state index >= 15 is 0 Å². The number of hydrogen-bond acceptors (Lipinski definition) is 2. The molecule has 3 N–H and O–H groups in total. The number of anilines is 2. The monoisotopic (exact) mass is 286 g/mol. The minimum absolute atomic E-state index is 0.599. The molecule has 18 heavy (non-hydrogen) atoms. The van der Waals surface area contributed by atoms with Gasteiger partial charge in [-0.15, -0.1) is 0 Å². The van der Waals surface area contributed by atoms with Crippen LogP contribution < -0.4 is 11.1 Å². The van der Waals surface area contributed by atoms with Gasteiger partial charge in [0, 0.05) is 12.2 Å². The van der Waals surface area contributed by atoms with Crippen molar-refractivity contribution in [3.8, 4) is 0 Å². The van der Waals surface area contributed by atoms with Crippen LogP contribution >= 0.6 is 23.2 Å². The van der Waals surface area contributed by atoms with Crippen molar-refractivity contribution < 1.29 is 0 Å². The molecule has 0 saturated heterocycles. The normalized spacial score (nSPS) is 23.9. The first-order chi connectivity index (χ1) is 8.56. The average Bonchev–Trinajstić information content (AvgIpc) is 2.30. The van der Waals surface area contributed by atoms with Gasteiger partial charge < -0.3 is 11.1 Å². The van der Waals surface area contributed by atoms with E-state index < -0.39 is 0 Å². The molecule has 1 fully saturated rings. The Kier molecular flexibility index (Phi) is 4.63. The van der Waals surface area contributed by atoms with Crippen LogP contribution in [0.5, 0.6) is 0 Å². The molecule has 0 aliphatic heterocycles. The lowest BCUT2D eigenvalue weighted by Gasteiger charge is -2.27. The van der Waals surface area contributed by atoms with Gasteiger partial charge in [0.05, 0.1) is 15.7 Å². The van der Waals surface area contributed by atoms with Crippen LogP contribution in [0.15, 0.2) is 12.1 Å². The Balaban J connectivity index is 1.94. The van der Waals surface area contributed by atoms with E-state index in [0.29, 0.717) is 15.7 Å². The molecular weight excluding hydrogens is 267 g/mol. The topological polar surface area (TPSA) is 38.0 Å². The van der Waals surface area contributed by atoms with Crippen molar-refractivity contribution in [2.75, 3.05) is 17.6 Å². The molecule has 0 heterocycles. The van der Waals surface area contributed by atoms with Crippen molar-refractivity contribution in [2.24, 2.45) is 11.8 Å². The number of nitrogen functional groups attached to an aromatic ring is 1. The second-order valence-electron chi connectivity index (χ2n) is 5.37. The predicted molar refractivity (Wildman–Crippen MR) is 80.5 cm³/mol. The SMILES string of the molecule is CC1CCC(CNc2c(Cl)cc(N)cc2Cl)CC1. The Morgan fingerprint density at radius 2 is 1.72 bits per heavy atom. The Labute approximate surface area is 119 Å². The number of hydrogen-bond donors (Lipinski definition) is 2. The van der Waals surface area contributed by atoms with E-state index in [1.54, 1.807) is 12.1 Å². The molecule has 4 heteroatoms. The average molecular weight is 287 g/mol. The van der Waals surface area contributed by atoms with Crippen LogP contribution in [0.4, 0.5) is 11.4 Å². The summed E-state index contributed by atoms with van der Waals surface area (Å²) < 4.78 is 0. The Morgan fingerprint density at radius 1 is 1.17 bits per heavy atom. The minimum Gasteiger partial charge on any atom is -0.399 e. The van der Waals surface area contributed by atoms with Crippen LogP contribution in [0.25, 0.3) is 0 Å². The first-order valence-electron chi connectivity index (χ1n) is 6.54. The van der Waals surface area contributed by atoms with Gasteiger partial charge in [-0.25, -0.2) is 0 Å². The van der Waals surface area contributed by atoms with Crippen molar-refractivity contribution in [3.05, 3.63) is 22.2 Å². The van der Waals surface area contributed by atoms with E-state index in [2.05, 4.69) is 12.2 Å². The molecule has 0 amide bonds. The molecule has 1 aromatic carbocycles. The fourth-order valence-electron chi connectivity index (χ4n) is 2.54. The summed E-state index contributed by atoms with van der Waals surface area (Å²) >= 11 is 12.3. The quantitative estimate of drug-likeness (QED) is 0.783. The van der Waals surface area contributed by atoms with Gasteiger partial charge in [-0.3, -0.25) is 0 Å². The van der Waals surface area contributed by atoms with E-state index in [4.69, 9.17) is 28.9 Å². The zero-order valence-corrected chi connectivity index (χ0v) is 12.2. The molecule has 1 aliphatic carbocycles. The third-order valence-electron chi connectivity index (χ3n) is 3.77. The molecule has 1 aliphatic rings. The largest absolute Gasteiger partial charge is 0.399 e. The first kappa shape index (κ1) is 13.8. The minimum atomic E-state index is 0.599. The third-order valence-corrected chi connectivity index (χ3v) is 4.36. The van der Waals surface area contributed by atoms with E-state index in [1.807, 2.05) is 0 Å². The predicted octanol–water partition coefficient (Wildman–Crippen LogP) is 4.81. The maximum Gasteiger partial charge on any atom is 0.0720 e. The zero-order valence-electron chi connectivity index (χ0n) is 10.7. The molecule has 0 spiro atoms. The molecular formula is C14H20Cl2N2. The summed E-state index contributed by atoms with van der Waals surface area (Å²) in [5.41, 5.74) is 7.10. The lowest BCUT2D eigenvalue weighted by Crippen LogP contribution is -2.20. The van der Waals surface area contributed by atoms with E-state index in [9.17, 15) is 0 Å². The van der Waals surface area contributed by atoms with Crippen molar-refractivity contribution in [1.82, 2.24) is 0 Å². The summed E-state index contributed by atoms with van der Waals surface area (Å²) in [5.74, 6) is 1.61. The number of rotatable bonds is 3. The molecule has 2 nitrogen and oxygen atoms in total. The van der Waals surface area contributed by atoms with Crippen LogP contribution in [0.2, 0.25) is 10.0 Å². The lowest BCUT2D eigenvalue weighted by atomic mass is 9.83. The molecule has 0 atom stereocenters. The molecule has 1 aromatic rings. The first-order valence-corrected chi connectivity index (χ1v) is 7.30. The van der Waals surface area contributed by atoms with Crippen LogP contribution in [0.1, 0.15) is 32.6 Å². The molecule has 0 unspecified atom stereocenters. The van der Waals surface area contributed by atoms with Gasteiger partial charge in [0.25, 0.3) is 0 Å². The summed E-state index contributed by atoms with van der Waals surface area (Å²) in [6, 6.07) is 3.47. The second kappa shape index (κ2) is 6.03. The van der Waals surface area contributed by atoms with Gasteiger partial charge >= 0.3 is 0 Å². The highest BCUT2D eigenvalue weighted by molar-refractivity contribution is 6.39. The summed E-state index contributed by atoms with van der Waals surface area (Å²) in [7, 11) is 0. The lowest BCUT2D eigenvalue weighted by molar-refractivity contribution is 0.300. The second-order valence-corrected chi connectivity index (χ2v) is 6.18. The van der Waals surface area contributed by atoms with Crippen LogP contribution in [0, 0.1) is 11.8 Å². The molecule has 0 radical (unpaired) electrons. The Hall–Kier alpha value is -0.600. The molecule has 100 valence electrons. The smallest absolute Gasteiger partial charge is 0.0720 e. The van der Waals surface area contributed by atoms with Crippen molar-refractivity contribution in [1.29, 1.82) is 0 Å². The van der Waals surface area contributed by atoms with E-state index in [0.717, 1.165) is 24.1 Å². The highest BCUT2D eigenvalue weighted by Gasteiger charge is 2.18. The number of benzene rings is 1. The van der Waals surface area contributed by atoms with Crippen LogP contribution in [-0.2, 0) is 0 Å². The van der Waals surface area contributed by atoms with Gasteiger partial charge in [0.2, 0.25) is 0 Å².